The molecule has 1 aromatic carbocycles. The summed E-state index contributed by atoms with van der Waals surface area (Å²) in [5.74, 6) is 0.336. The van der Waals surface area contributed by atoms with E-state index < -0.39 is 22.1 Å². The molecule has 0 fully saturated rings. The van der Waals surface area contributed by atoms with Crippen LogP contribution in [0.1, 0.15) is 35.1 Å². The number of ketones is 1. The molecule has 0 N–H and O–H groups in total. The number of hydrogen-bond donors (Lipinski definition) is 0. The number of pyridine rings is 1. The van der Waals surface area contributed by atoms with Crippen LogP contribution in [0.3, 0.4) is 0 Å². The molecule has 0 amide bonds. The number of hydrogen-bond acceptors (Lipinski definition) is 7. The molecule has 14 heteroatoms. The molecule has 1 aliphatic rings. The van der Waals surface area contributed by atoms with E-state index in [0.717, 1.165) is 5.56 Å². The van der Waals surface area contributed by atoms with E-state index in [4.69, 9.17) is 16.3 Å². The number of carbonyl (C=O) groups excluding carboxylic acids is 1. The van der Waals surface area contributed by atoms with Gasteiger partial charge in [0.05, 0.1) is 42.8 Å². The van der Waals surface area contributed by atoms with E-state index in [1.165, 1.54) is 12.1 Å². The summed E-state index contributed by atoms with van der Waals surface area (Å²) in [5, 5.41) is 5.64. The number of nitrogens with zero attached hydrogens (tertiary/aromatic N) is 5. The Morgan fingerprint density at radius 2 is 1.89 bits per heavy atom. The van der Waals surface area contributed by atoms with Crippen LogP contribution < -0.4 is 9.75 Å². The second-order valence-corrected chi connectivity index (χ2v) is 10.5. The van der Waals surface area contributed by atoms with Crippen LogP contribution in [0.25, 0.3) is 5.65 Å². The predicted molar refractivity (Wildman–Crippen MR) is 133 cm³/mol. The van der Waals surface area contributed by atoms with Crippen molar-refractivity contribution in [3.63, 3.8) is 0 Å². The lowest BCUT2D eigenvalue weighted by Crippen LogP contribution is -2.46. The number of methoxy groups -OCH3 is 1. The van der Waals surface area contributed by atoms with Crippen molar-refractivity contribution in [3.05, 3.63) is 58.5 Å². The molecular formula is C23H23ClF3N5O4S. The monoisotopic (exact) mass is 557 g/mol. The molecule has 0 bridgehead atoms. The van der Waals surface area contributed by atoms with Crippen LogP contribution in [0.4, 0.5) is 18.9 Å². The molecule has 0 saturated heterocycles. The topological polar surface area (TPSA) is 96.6 Å². The highest BCUT2D eigenvalue weighted by Gasteiger charge is 2.50. The predicted octanol–water partition coefficient (Wildman–Crippen LogP) is 4.29. The van der Waals surface area contributed by atoms with E-state index in [0.29, 0.717) is 52.7 Å². The lowest BCUT2D eigenvalue weighted by molar-refractivity contribution is -0.0471. The van der Waals surface area contributed by atoms with E-state index in [9.17, 15) is 26.4 Å². The Morgan fingerprint density at radius 1 is 1.19 bits per heavy atom. The molecule has 0 aliphatic carbocycles. The lowest BCUT2D eigenvalue weighted by Gasteiger charge is -2.29. The third-order valence-corrected chi connectivity index (χ3v) is 7.67. The number of halogens is 4. The Bertz CT molecular complexity index is 1460. The van der Waals surface area contributed by atoms with Gasteiger partial charge in [0.1, 0.15) is 17.7 Å². The van der Waals surface area contributed by atoms with Crippen molar-refractivity contribution in [2.45, 2.75) is 31.7 Å². The van der Waals surface area contributed by atoms with Gasteiger partial charge in [0.15, 0.2) is 11.5 Å². The first-order valence-corrected chi connectivity index (χ1v) is 13.0. The summed E-state index contributed by atoms with van der Waals surface area (Å²) >= 11 is 6.19. The van der Waals surface area contributed by atoms with Gasteiger partial charge in [0, 0.05) is 12.5 Å². The average Bonchev–Trinajstić information content (AvgIpc) is 3.23. The molecule has 0 unspecified atom stereocenters. The number of aromatic nitrogens is 2. The van der Waals surface area contributed by atoms with Crippen LogP contribution >= 0.6 is 11.6 Å². The molecule has 198 valence electrons. The highest BCUT2D eigenvalue weighted by Crippen LogP contribution is 2.29. The second-order valence-electron chi connectivity index (χ2n) is 8.18. The van der Waals surface area contributed by atoms with Crippen molar-refractivity contribution in [2.75, 3.05) is 25.2 Å². The Hall–Kier alpha value is -3.32. The fourth-order valence-electron chi connectivity index (χ4n) is 3.94. The number of imidazole rings is 1. The van der Waals surface area contributed by atoms with Gasteiger partial charge in [-0.25, -0.2) is 9.29 Å². The molecule has 3 heterocycles. The molecule has 0 radical (unpaired) electrons. The number of alkyl halides is 3. The van der Waals surface area contributed by atoms with E-state index >= 15 is 0 Å². The van der Waals surface area contributed by atoms with Gasteiger partial charge in [-0.05, 0) is 30.5 Å². The number of ether oxygens (including phenoxy) is 1. The van der Waals surface area contributed by atoms with E-state index in [2.05, 4.69) is 10.1 Å². The molecular weight excluding hydrogens is 535 g/mol. The number of carbonyl (C=O) groups is 1. The van der Waals surface area contributed by atoms with Gasteiger partial charge in [-0.1, -0.05) is 30.7 Å². The zero-order valence-corrected chi connectivity index (χ0v) is 21.4. The normalized spacial score (nSPS) is 14.4. The van der Waals surface area contributed by atoms with Crippen molar-refractivity contribution in [2.24, 2.45) is 5.10 Å². The molecule has 1 aliphatic heterocycles. The van der Waals surface area contributed by atoms with Crippen LogP contribution in [-0.4, -0.2) is 59.9 Å². The highest BCUT2D eigenvalue weighted by molar-refractivity contribution is 7.90. The fraction of sp³-hybridized carbons (Fsp3) is 0.348. The number of Topliss-reactive ketones (excluding diaryl/α,β-unsaturated/α-hetero) is 1. The molecule has 37 heavy (non-hydrogen) atoms. The molecule has 3 aromatic rings. The number of sulfonamides is 1. The van der Waals surface area contributed by atoms with Gasteiger partial charge in [0.2, 0.25) is 0 Å². The van der Waals surface area contributed by atoms with Gasteiger partial charge in [0.25, 0.3) is 0 Å². The highest BCUT2D eigenvalue weighted by atomic mass is 35.5. The van der Waals surface area contributed by atoms with Crippen LogP contribution in [0.2, 0.25) is 5.02 Å². The number of rotatable bonds is 8. The lowest BCUT2D eigenvalue weighted by atomic mass is 10.0. The van der Waals surface area contributed by atoms with Crippen LogP contribution in [0.15, 0.2) is 41.6 Å². The molecule has 0 atom stereocenters. The number of benzene rings is 1. The summed E-state index contributed by atoms with van der Waals surface area (Å²) in [6, 6.07) is 8.65. The quantitative estimate of drug-likeness (QED) is 0.383. The zero-order chi connectivity index (χ0) is 27.0. The zero-order valence-electron chi connectivity index (χ0n) is 19.9. The Morgan fingerprint density at radius 3 is 2.46 bits per heavy atom. The average molecular weight is 558 g/mol. The number of aryl methyl sites for hydroxylation is 2. The SMILES string of the molecule is CCc1nc2cc(Cl)c(OC)cn2c1C(=O)CCc1ccc(N2CCN(S(=O)(=O)C(F)(F)F)C=N2)cc1. The first-order valence-electron chi connectivity index (χ1n) is 11.2. The Balaban J connectivity index is 1.44. The molecule has 9 nitrogen and oxygen atoms in total. The third kappa shape index (κ3) is 5.23. The largest absolute Gasteiger partial charge is 0.516 e. The fourth-order valence-corrected chi connectivity index (χ4v) is 4.91. The van der Waals surface area contributed by atoms with Crippen molar-refractivity contribution >= 4 is 45.1 Å². The van der Waals surface area contributed by atoms with Crippen molar-refractivity contribution in [1.29, 1.82) is 0 Å². The van der Waals surface area contributed by atoms with Crippen molar-refractivity contribution in [1.82, 2.24) is 13.7 Å². The van der Waals surface area contributed by atoms with Crippen LogP contribution in [0.5, 0.6) is 5.75 Å². The Kier molecular flexibility index (Phi) is 7.38. The van der Waals surface area contributed by atoms with Crippen molar-refractivity contribution < 1.29 is 31.1 Å². The molecule has 2 aromatic heterocycles. The van der Waals surface area contributed by atoms with Gasteiger partial charge in [-0.2, -0.15) is 26.7 Å². The standard InChI is InChI=1S/C23H23ClF3N5O4S/c1-3-18-22(31-13-20(36-2)17(24)12-21(31)29-18)19(33)9-6-15-4-7-16(8-5-15)32-11-10-30(14-28-32)37(34,35)23(25,26)27/h4-5,7-8,12-14H,3,6,9-11H2,1-2H3. The number of fused-ring (bicyclic) bond motifs is 1. The summed E-state index contributed by atoms with van der Waals surface area (Å²) in [5.41, 5.74) is -2.25. The summed E-state index contributed by atoms with van der Waals surface area (Å²) in [7, 11) is -3.97. The third-order valence-electron chi connectivity index (χ3n) is 5.90. The molecule has 4 rings (SSSR count). The van der Waals surface area contributed by atoms with Gasteiger partial charge < -0.3 is 4.74 Å². The number of anilines is 1. The summed E-state index contributed by atoms with van der Waals surface area (Å²) < 4.78 is 68.3. The first-order chi connectivity index (χ1) is 17.5. The van der Waals surface area contributed by atoms with E-state index in [1.54, 1.807) is 40.9 Å². The maximum atomic E-state index is 13.2. The summed E-state index contributed by atoms with van der Waals surface area (Å²) in [6.45, 7) is 1.47. The second kappa shape index (κ2) is 10.2. The number of hydrazone groups is 1. The minimum atomic E-state index is -5.47. The van der Waals surface area contributed by atoms with E-state index in [1.807, 2.05) is 6.92 Å². The molecule has 0 spiro atoms. The van der Waals surface area contributed by atoms with Crippen LogP contribution in [-0.2, 0) is 22.9 Å². The summed E-state index contributed by atoms with van der Waals surface area (Å²) in [6.07, 6.45) is 3.53. The minimum Gasteiger partial charge on any atom is -0.494 e. The Labute approximate surface area is 216 Å². The maximum Gasteiger partial charge on any atom is 0.516 e. The van der Waals surface area contributed by atoms with Crippen LogP contribution in [0, 0.1) is 0 Å². The minimum absolute atomic E-state index is 0.0504. The van der Waals surface area contributed by atoms with Gasteiger partial charge >= 0.3 is 15.5 Å². The van der Waals surface area contributed by atoms with E-state index in [-0.39, 0.29) is 23.1 Å². The first kappa shape index (κ1) is 26.7. The molecule has 0 saturated carbocycles. The van der Waals surface area contributed by atoms with Gasteiger partial charge in [-0.15, -0.1) is 0 Å². The smallest absolute Gasteiger partial charge is 0.494 e. The van der Waals surface area contributed by atoms with Gasteiger partial charge in [-0.3, -0.25) is 14.2 Å². The maximum absolute atomic E-state index is 13.2. The summed E-state index contributed by atoms with van der Waals surface area (Å²) in [4.78, 5) is 17.7. The van der Waals surface area contributed by atoms with Crippen molar-refractivity contribution in [3.8, 4) is 5.75 Å².